The van der Waals surface area contributed by atoms with Gasteiger partial charge in [0.1, 0.15) is 11.1 Å². The summed E-state index contributed by atoms with van der Waals surface area (Å²) in [6.07, 6.45) is 5.45. The Labute approximate surface area is 164 Å². The maximum atomic E-state index is 12.7. The second-order valence-electron chi connectivity index (χ2n) is 6.05. The van der Waals surface area contributed by atoms with Crippen LogP contribution < -0.4 is 0 Å². The van der Waals surface area contributed by atoms with Crippen LogP contribution in [-0.2, 0) is 27.3 Å². The van der Waals surface area contributed by atoms with Gasteiger partial charge in [0.2, 0.25) is 5.91 Å². The van der Waals surface area contributed by atoms with Crippen LogP contribution in [0.1, 0.15) is 31.9 Å². The molecule has 0 N–H and O–H groups in total. The molecule has 2 heterocycles. The van der Waals surface area contributed by atoms with Crippen molar-refractivity contribution in [2.24, 2.45) is 5.92 Å². The molecule has 0 saturated heterocycles. The van der Waals surface area contributed by atoms with Crippen molar-refractivity contribution in [1.29, 1.82) is 0 Å². The fourth-order valence-electron chi connectivity index (χ4n) is 2.79. The Balaban J connectivity index is 2.12. The third kappa shape index (κ3) is 5.79. The van der Waals surface area contributed by atoms with E-state index in [1.54, 1.807) is 35.0 Å². The number of halogens is 1. The Morgan fingerprint density at radius 3 is 2.52 bits per heavy atom. The maximum absolute atomic E-state index is 12.7. The van der Waals surface area contributed by atoms with Crippen LogP contribution in [-0.4, -0.2) is 51.2 Å². The molecule has 1 unspecified atom stereocenters. The lowest BCUT2D eigenvalue weighted by Crippen LogP contribution is -2.41. The summed E-state index contributed by atoms with van der Waals surface area (Å²) in [5, 5.41) is 4.75. The predicted octanol–water partition coefficient (Wildman–Crippen LogP) is 2.57. The zero-order valence-electron chi connectivity index (χ0n) is 15.9. The number of ether oxygens (including phenoxy) is 1. The van der Waals surface area contributed by atoms with Gasteiger partial charge in [-0.1, -0.05) is 17.7 Å². The number of nitrogens with zero attached hydrogens (tertiary/aromatic N) is 4. The van der Waals surface area contributed by atoms with Crippen LogP contribution >= 0.6 is 11.6 Å². The fourth-order valence-corrected chi connectivity index (χ4v) is 2.90. The van der Waals surface area contributed by atoms with Crippen LogP contribution in [0.4, 0.5) is 0 Å². The molecule has 0 aromatic carbocycles. The summed E-state index contributed by atoms with van der Waals surface area (Å²) in [7, 11) is 0. The van der Waals surface area contributed by atoms with Gasteiger partial charge in [0.25, 0.3) is 0 Å². The minimum Gasteiger partial charge on any atom is -0.465 e. The van der Waals surface area contributed by atoms with E-state index in [9.17, 15) is 9.59 Å². The Bertz CT molecular complexity index is 757. The average molecular weight is 393 g/mol. The lowest BCUT2D eigenvalue weighted by atomic mass is 10.00. The monoisotopic (exact) mass is 392 g/mol. The molecule has 0 spiro atoms. The molecule has 2 rings (SSSR count). The molecular weight excluding hydrogens is 368 g/mol. The van der Waals surface area contributed by atoms with Crippen LogP contribution in [0.15, 0.2) is 30.7 Å². The largest absolute Gasteiger partial charge is 0.465 e. The summed E-state index contributed by atoms with van der Waals surface area (Å²) in [5.41, 5.74) is 1.76. The van der Waals surface area contributed by atoms with Crippen molar-refractivity contribution >= 4 is 23.5 Å². The van der Waals surface area contributed by atoms with Gasteiger partial charge in [-0.05, 0) is 44.4 Å². The van der Waals surface area contributed by atoms with Gasteiger partial charge in [-0.3, -0.25) is 14.3 Å². The van der Waals surface area contributed by atoms with Gasteiger partial charge in [0.15, 0.2) is 0 Å². The van der Waals surface area contributed by atoms with Gasteiger partial charge in [0.05, 0.1) is 19.3 Å². The molecule has 7 nitrogen and oxygen atoms in total. The van der Waals surface area contributed by atoms with E-state index in [1.165, 1.54) is 0 Å². The summed E-state index contributed by atoms with van der Waals surface area (Å²) in [6.45, 7) is 7.38. The lowest BCUT2D eigenvalue weighted by Gasteiger charge is -2.23. The Hall–Kier alpha value is -2.41. The molecule has 0 aliphatic rings. The minimum absolute atomic E-state index is 0.215. The van der Waals surface area contributed by atoms with Crippen molar-refractivity contribution in [3.8, 4) is 0 Å². The summed E-state index contributed by atoms with van der Waals surface area (Å²) in [6, 6.07) is 3.60. The van der Waals surface area contributed by atoms with Crippen LogP contribution in [0, 0.1) is 5.92 Å². The first kappa shape index (κ1) is 20.9. The highest BCUT2D eigenvalue weighted by atomic mass is 35.5. The minimum atomic E-state index is -0.861. The molecule has 0 aliphatic heterocycles. The van der Waals surface area contributed by atoms with Gasteiger partial charge in [0, 0.05) is 25.5 Å². The highest BCUT2D eigenvalue weighted by Gasteiger charge is 2.31. The number of esters is 1. The predicted molar refractivity (Wildman–Crippen MR) is 102 cm³/mol. The van der Waals surface area contributed by atoms with Crippen molar-refractivity contribution in [3.05, 3.63) is 47.0 Å². The van der Waals surface area contributed by atoms with Crippen molar-refractivity contribution in [2.45, 2.75) is 33.7 Å². The fraction of sp³-hybridized carbons (Fsp3) is 0.474. The number of carbonyl (C=O) groups is 2. The highest BCUT2D eigenvalue weighted by Crippen LogP contribution is 2.15. The summed E-state index contributed by atoms with van der Waals surface area (Å²) in [4.78, 5) is 30.8. The molecule has 0 fully saturated rings. The summed E-state index contributed by atoms with van der Waals surface area (Å²) >= 11 is 5.80. The molecule has 2 aromatic heterocycles. The SMILES string of the molecule is CCOC(=O)C(Cc1cnn(Cc2ccc(Cl)nc2)c1)C(=O)N(CC)CC. The van der Waals surface area contributed by atoms with E-state index in [0.717, 1.165) is 11.1 Å². The van der Waals surface area contributed by atoms with Gasteiger partial charge in [-0.2, -0.15) is 5.10 Å². The van der Waals surface area contributed by atoms with Crippen LogP contribution in [0.5, 0.6) is 0 Å². The smallest absolute Gasteiger partial charge is 0.318 e. The van der Waals surface area contributed by atoms with E-state index >= 15 is 0 Å². The number of hydrogen-bond acceptors (Lipinski definition) is 5. The third-order valence-corrected chi connectivity index (χ3v) is 4.43. The second kappa shape index (κ2) is 10.1. The Kier molecular flexibility index (Phi) is 7.79. The van der Waals surface area contributed by atoms with Crippen molar-refractivity contribution < 1.29 is 14.3 Å². The molecule has 0 aliphatic carbocycles. The first-order chi connectivity index (χ1) is 13.0. The Morgan fingerprint density at radius 2 is 1.93 bits per heavy atom. The normalized spacial score (nSPS) is 11.9. The van der Waals surface area contributed by atoms with Crippen molar-refractivity contribution in [2.75, 3.05) is 19.7 Å². The summed E-state index contributed by atoms with van der Waals surface area (Å²) < 4.78 is 6.86. The summed E-state index contributed by atoms with van der Waals surface area (Å²) in [5.74, 6) is -1.57. The number of rotatable bonds is 9. The molecule has 2 aromatic rings. The maximum Gasteiger partial charge on any atom is 0.318 e. The molecule has 1 amide bonds. The molecule has 0 radical (unpaired) electrons. The molecule has 8 heteroatoms. The third-order valence-electron chi connectivity index (χ3n) is 4.20. The molecular formula is C19H25ClN4O3. The van der Waals surface area contributed by atoms with E-state index in [-0.39, 0.29) is 18.9 Å². The van der Waals surface area contributed by atoms with Gasteiger partial charge in [-0.15, -0.1) is 0 Å². The Morgan fingerprint density at radius 1 is 1.19 bits per heavy atom. The van der Waals surface area contributed by atoms with Gasteiger partial charge < -0.3 is 9.64 Å². The van der Waals surface area contributed by atoms with Crippen molar-refractivity contribution in [1.82, 2.24) is 19.7 Å². The van der Waals surface area contributed by atoms with Crippen molar-refractivity contribution in [3.63, 3.8) is 0 Å². The molecule has 0 saturated carbocycles. The zero-order chi connectivity index (χ0) is 19.8. The second-order valence-corrected chi connectivity index (χ2v) is 6.44. The standard InChI is InChI=1S/C19H25ClN4O3/c1-4-23(5-2)18(25)16(19(26)27-6-3)9-15-11-22-24(13-15)12-14-7-8-17(20)21-10-14/h7-8,10-11,13,16H,4-6,9,12H2,1-3H3. The topological polar surface area (TPSA) is 77.3 Å². The molecule has 27 heavy (non-hydrogen) atoms. The first-order valence-electron chi connectivity index (χ1n) is 9.05. The van der Waals surface area contributed by atoms with E-state index < -0.39 is 11.9 Å². The van der Waals surface area contributed by atoms with E-state index in [0.29, 0.717) is 24.8 Å². The van der Waals surface area contributed by atoms with Gasteiger partial charge in [-0.25, -0.2) is 4.98 Å². The first-order valence-corrected chi connectivity index (χ1v) is 9.43. The number of pyridine rings is 1. The van der Waals surface area contributed by atoms with E-state index in [2.05, 4.69) is 10.1 Å². The molecule has 146 valence electrons. The number of aromatic nitrogens is 3. The molecule has 1 atom stereocenters. The lowest BCUT2D eigenvalue weighted by molar-refractivity contribution is -0.155. The van der Waals surface area contributed by atoms with Crippen LogP contribution in [0.25, 0.3) is 0 Å². The van der Waals surface area contributed by atoms with E-state index in [1.807, 2.05) is 26.1 Å². The van der Waals surface area contributed by atoms with Crippen LogP contribution in [0.3, 0.4) is 0 Å². The van der Waals surface area contributed by atoms with Gasteiger partial charge >= 0.3 is 5.97 Å². The molecule has 0 bridgehead atoms. The number of carbonyl (C=O) groups excluding carboxylic acids is 2. The zero-order valence-corrected chi connectivity index (χ0v) is 16.6. The van der Waals surface area contributed by atoms with E-state index in [4.69, 9.17) is 16.3 Å². The number of hydrogen-bond donors (Lipinski definition) is 0. The van der Waals surface area contributed by atoms with Crippen LogP contribution in [0.2, 0.25) is 5.15 Å². The quantitative estimate of drug-likeness (QED) is 0.372. The number of amides is 1. The highest BCUT2D eigenvalue weighted by molar-refractivity contribution is 6.29. The average Bonchev–Trinajstić information content (AvgIpc) is 3.09.